The van der Waals surface area contributed by atoms with Gasteiger partial charge in [0.25, 0.3) is 5.91 Å². The van der Waals surface area contributed by atoms with Crippen molar-refractivity contribution in [2.24, 2.45) is 0 Å². The average Bonchev–Trinajstić information content (AvgIpc) is 3.62. The van der Waals surface area contributed by atoms with Crippen LogP contribution in [-0.4, -0.2) is 40.5 Å². The smallest absolute Gasteiger partial charge is 0.272 e. The Bertz CT molecular complexity index is 1350. The number of aromatic nitrogens is 7. The molecule has 9 nitrogen and oxygen atoms in total. The molecular weight excluding hydrogens is 416 g/mol. The van der Waals surface area contributed by atoms with Crippen molar-refractivity contribution in [3.8, 4) is 17.1 Å². The summed E-state index contributed by atoms with van der Waals surface area (Å²) in [5, 5.41) is 19.9. The van der Waals surface area contributed by atoms with E-state index in [0.29, 0.717) is 11.5 Å². The number of hydrogen-bond donors (Lipinski definition) is 1. The maximum Gasteiger partial charge on any atom is 0.272 e. The van der Waals surface area contributed by atoms with Crippen LogP contribution in [0, 0.1) is 0 Å². The van der Waals surface area contributed by atoms with Gasteiger partial charge >= 0.3 is 0 Å². The quantitative estimate of drug-likeness (QED) is 0.421. The Morgan fingerprint density at radius 1 is 0.939 bits per heavy atom. The van der Waals surface area contributed by atoms with Crippen LogP contribution in [0.1, 0.15) is 29.0 Å². The molecule has 0 bridgehead atoms. The van der Waals surface area contributed by atoms with Crippen LogP contribution in [0.3, 0.4) is 0 Å². The highest BCUT2D eigenvalue weighted by Crippen LogP contribution is 2.18. The SMILES string of the molecule is CC(NC(=O)c1ccn(Cn2nnc(-c3ccccc3)n2)n1)c1cccc(-n2cccc2)c1. The fourth-order valence-corrected chi connectivity index (χ4v) is 3.51. The number of carbonyl (C=O) groups is 1. The molecule has 0 saturated heterocycles. The van der Waals surface area contributed by atoms with Crippen molar-refractivity contribution < 1.29 is 4.79 Å². The third-order valence-corrected chi connectivity index (χ3v) is 5.25. The molecule has 0 saturated carbocycles. The van der Waals surface area contributed by atoms with Gasteiger partial charge in [0.2, 0.25) is 5.82 Å². The number of rotatable bonds is 7. The van der Waals surface area contributed by atoms with Crippen molar-refractivity contribution in [2.75, 3.05) is 0 Å². The zero-order chi connectivity index (χ0) is 22.6. The summed E-state index contributed by atoms with van der Waals surface area (Å²) in [5.74, 6) is 0.292. The van der Waals surface area contributed by atoms with E-state index in [4.69, 9.17) is 0 Å². The van der Waals surface area contributed by atoms with Gasteiger partial charge in [-0.05, 0) is 48.0 Å². The van der Waals surface area contributed by atoms with E-state index < -0.39 is 0 Å². The lowest BCUT2D eigenvalue weighted by molar-refractivity contribution is 0.0933. The lowest BCUT2D eigenvalue weighted by atomic mass is 10.1. The average molecular weight is 438 g/mol. The predicted molar refractivity (Wildman–Crippen MR) is 123 cm³/mol. The van der Waals surface area contributed by atoms with E-state index in [-0.39, 0.29) is 18.6 Å². The van der Waals surface area contributed by atoms with Gasteiger partial charge in [-0.15, -0.1) is 15.0 Å². The molecule has 5 aromatic rings. The minimum Gasteiger partial charge on any atom is -0.344 e. The fourth-order valence-electron chi connectivity index (χ4n) is 3.51. The molecule has 0 spiro atoms. The lowest BCUT2D eigenvalue weighted by Crippen LogP contribution is -2.27. The second-order valence-electron chi connectivity index (χ2n) is 7.61. The monoisotopic (exact) mass is 438 g/mol. The van der Waals surface area contributed by atoms with Gasteiger partial charge in [-0.2, -0.15) is 5.10 Å². The number of nitrogens with zero attached hydrogens (tertiary/aromatic N) is 7. The maximum atomic E-state index is 12.8. The van der Waals surface area contributed by atoms with Gasteiger partial charge in [0.1, 0.15) is 5.69 Å². The molecule has 0 aliphatic rings. The first-order valence-electron chi connectivity index (χ1n) is 10.6. The Kier molecular flexibility index (Phi) is 5.50. The summed E-state index contributed by atoms with van der Waals surface area (Å²) in [4.78, 5) is 14.2. The summed E-state index contributed by atoms with van der Waals surface area (Å²) >= 11 is 0. The van der Waals surface area contributed by atoms with Gasteiger partial charge in [-0.3, -0.25) is 4.79 Å². The Balaban J connectivity index is 1.23. The first kappa shape index (κ1) is 20.4. The van der Waals surface area contributed by atoms with E-state index in [1.165, 1.54) is 4.80 Å². The van der Waals surface area contributed by atoms with E-state index in [1.54, 1.807) is 16.9 Å². The second-order valence-corrected chi connectivity index (χ2v) is 7.61. The maximum absolute atomic E-state index is 12.8. The van der Waals surface area contributed by atoms with Gasteiger partial charge in [-0.25, -0.2) is 4.68 Å². The summed E-state index contributed by atoms with van der Waals surface area (Å²) < 4.78 is 3.63. The molecule has 0 fully saturated rings. The second kappa shape index (κ2) is 8.91. The molecular formula is C24H22N8O. The van der Waals surface area contributed by atoms with Crippen LogP contribution in [0.5, 0.6) is 0 Å². The zero-order valence-corrected chi connectivity index (χ0v) is 18.0. The number of benzene rings is 2. The van der Waals surface area contributed by atoms with Crippen LogP contribution >= 0.6 is 0 Å². The largest absolute Gasteiger partial charge is 0.344 e. The van der Waals surface area contributed by atoms with Crippen LogP contribution in [0.15, 0.2) is 91.4 Å². The molecule has 1 N–H and O–H groups in total. The van der Waals surface area contributed by atoms with Gasteiger partial charge < -0.3 is 9.88 Å². The highest BCUT2D eigenvalue weighted by Gasteiger charge is 2.15. The normalized spacial score (nSPS) is 11.9. The minimum absolute atomic E-state index is 0.177. The van der Waals surface area contributed by atoms with E-state index in [1.807, 2.05) is 84.5 Å². The number of tetrazole rings is 1. The molecule has 1 atom stereocenters. The molecule has 0 radical (unpaired) electrons. The molecule has 2 aromatic carbocycles. The fraction of sp³-hybridized carbons (Fsp3) is 0.125. The van der Waals surface area contributed by atoms with Gasteiger partial charge in [-0.1, -0.05) is 42.5 Å². The zero-order valence-electron chi connectivity index (χ0n) is 18.0. The van der Waals surface area contributed by atoms with Crippen molar-refractivity contribution in [1.82, 2.24) is 39.9 Å². The third kappa shape index (κ3) is 4.57. The first-order valence-corrected chi connectivity index (χ1v) is 10.6. The van der Waals surface area contributed by atoms with Crippen LogP contribution < -0.4 is 5.32 Å². The van der Waals surface area contributed by atoms with Gasteiger partial charge in [0, 0.05) is 29.8 Å². The van der Waals surface area contributed by atoms with Gasteiger partial charge in [0.15, 0.2) is 6.67 Å². The third-order valence-electron chi connectivity index (χ3n) is 5.25. The van der Waals surface area contributed by atoms with E-state index in [9.17, 15) is 4.79 Å². The summed E-state index contributed by atoms with van der Waals surface area (Å²) in [6.45, 7) is 2.20. The topological polar surface area (TPSA) is 95.5 Å². The highest BCUT2D eigenvalue weighted by molar-refractivity contribution is 5.92. The molecule has 9 heteroatoms. The number of hydrogen-bond acceptors (Lipinski definition) is 5. The molecule has 3 heterocycles. The molecule has 1 unspecified atom stereocenters. The summed E-state index contributed by atoms with van der Waals surface area (Å²) in [6.07, 6.45) is 5.70. The first-order chi connectivity index (χ1) is 16.2. The molecule has 3 aromatic heterocycles. The molecule has 164 valence electrons. The van der Waals surface area contributed by atoms with E-state index in [0.717, 1.165) is 16.8 Å². The highest BCUT2D eigenvalue weighted by atomic mass is 16.2. The van der Waals surface area contributed by atoms with Gasteiger partial charge in [0.05, 0.1) is 6.04 Å². The van der Waals surface area contributed by atoms with Crippen LogP contribution in [-0.2, 0) is 6.67 Å². The Morgan fingerprint density at radius 3 is 2.58 bits per heavy atom. The van der Waals surface area contributed by atoms with Crippen LogP contribution in [0.2, 0.25) is 0 Å². The van der Waals surface area contributed by atoms with E-state index in [2.05, 4.69) is 31.9 Å². The summed E-state index contributed by atoms with van der Waals surface area (Å²) in [6, 6.07) is 23.1. The molecule has 33 heavy (non-hydrogen) atoms. The van der Waals surface area contributed by atoms with Crippen molar-refractivity contribution in [2.45, 2.75) is 19.6 Å². The van der Waals surface area contributed by atoms with Crippen LogP contribution in [0.25, 0.3) is 17.1 Å². The van der Waals surface area contributed by atoms with Crippen LogP contribution in [0.4, 0.5) is 0 Å². The van der Waals surface area contributed by atoms with Crippen molar-refractivity contribution >= 4 is 5.91 Å². The lowest BCUT2D eigenvalue weighted by Gasteiger charge is -2.15. The Labute approximate surface area is 190 Å². The number of nitrogens with one attached hydrogen (secondary N) is 1. The molecule has 5 rings (SSSR count). The number of amides is 1. The summed E-state index contributed by atoms with van der Waals surface area (Å²) in [7, 11) is 0. The molecule has 1 amide bonds. The van der Waals surface area contributed by atoms with Crippen molar-refractivity contribution in [1.29, 1.82) is 0 Å². The van der Waals surface area contributed by atoms with E-state index >= 15 is 0 Å². The molecule has 0 aliphatic heterocycles. The minimum atomic E-state index is -0.246. The van der Waals surface area contributed by atoms with Crippen molar-refractivity contribution in [3.63, 3.8) is 0 Å². The van der Waals surface area contributed by atoms with Crippen molar-refractivity contribution in [3.05, 3.63) is 103 Å². The standard InChI is InChI=1S/C24H22N8O/c1-18(20-10-7-11-21(16-20)30-13-5-6-14-30)25-24(33)22-12-15-31(27-22)17-32-28-23(26-29-32)19-8-3-2-4-9-19/h2-16,18H,17H2,1H3,(H,25,33). The predicted octanol–water partition coefficient (Wildman–Crippen LogP) is 3.32. The Hall–Kier alpha value is -4.53. The molecule has 0 aliphatic carbocycles. The summed E-state index contributed by atoms with van der Waals surface area (Å²) in [5.41, 5.74) is 3.26. The Morgan fingerprint density at radius 2 is 1.76 bits per heavy atom. The number of carbonyl (C=O) groups excluding carboxylic acids is 1.